The molecule has 1 aliphatic rings. The molecule has 0 amide bonds. The molecule has 1 unspecified atom stereocenters. The van der Waals surface area contributed by atoms with E-state index in [1.807, 2.05) is 0 Å². The summed E-state index contributed by atoms with van der Waals surface area (Å²) in [7, 11) is 4.19. The van der Waals surface area contributed by atoms with Gasteiger partial charge in [0.1, 0.15) is 0 Å². The van der Waals surface area contributed by atoms with Crippen molar-refractivity contribution in [2.45, 2.75) is 6.04 Å². The number of rotatable bonds is 3. The van der Waals surface area contributed by atoms with Crippen LogP contribution in [0.5, 0.6) is 0 Å². The summed E-state index contributed by atoms with van der Waals surface area (Å²) in [5.41, 5.74) is 0. The molecular formula is C12H18ClFN4. The number of nitrogens with zero attached hydrogens (tertiary/aromatic N) is 3. The zero-order valence-corrected chi connectivity index (χ0v) is 11.4. The van der Waals surface area contributed by atoms with E-state index in [-0.39, 0.29) is 5.82 Å². The van der Waals surface area contributed by atoms with Gasteiger partial charge in [-0.2, -0.15) is 0 Å². The summed E-state index contributed by atoms with van der Waals surface area (Å²) in [5, 5.41) is 3.36. The van der Waals surface area contributed by atoms with E-state index in [1.165, 1.54) is 12.3 Å². The summed E-state index contributed by atoms with van der Waals surface area (Å²) in [6.07, 6.45) is 1.45. The van der Waals surface area contributed by atoms with E-state index in [0.717, 1.165) is 19.6 Å². The fraction of sp³-hybridized carbons (Fsp3) is 0.583. The molecule has 1 fully saturated rings. The van der Waals surface area contributed by atoms with Crippen molar-refractivity contribution >= 4 is 17.4 Å². The topological polar surface area (TPSA) is 31.4 Å². The molecule has 1 N–H and O–H groups in total. The molecule has 100 valence electrons. The predicted molar refractivity (Wildman–Crippen MR) is 71.6 cm³/mol. The smallest absolute Gasteiger partial charge is 0.166 e. The summed E-state index contributed by atoms with van der Waals surface area (Å²) in [5.74, 6) is -0.143. The van der Waals surface area contributed by atoms with Crippen molar-refractivity contribution in [3.8, 4) is 0 Å². The molecule has 0 radical (unpaired) electrons. The highest BCUT2D eigenvalue weighted by molar-refractivity contribution is 6.30. The molecule has 2 rings (SSSR count). The zero-order chi connectivity index (χ0) is 13.1. The summed E-state index contributed by atoms with van der Waals surface area (Å²) >= 11 is 5.66. The van der Waals surface area contributed by atoms with Gasteiger partial charge in [-0.1, -0.05) is 11.6 Å². The molecule has 4 nitrogen and oxygen atoms in total. The van der Waals surface area contributed by atoms with Gasteiger partial charge in [0.25, 0.3) is 0 Å². The maximum atomic E-state index is 13.5. The van der Waals surface area contributed by atoms with Gasteiger partial charge < -0.3 is 10.2 Å². The lowest BCUT2D eigenvalue weighted by molar-refractivity contribution is 0.121. The second kappa shape index (κ2) is 5.82. The quantitative estimate of drug-likeness (QED) is 0.904. The van der Waals surface area contributed by atoms with Crippen LogP contribution in [0.15, 0.2) is 12.3 Å². The SMILES string of the molecule is CN1CCN(C)C(CNc2ncc(Cl)cc2F)C1. The molecule has 18 heavy (non-hydrogen) atoms. The van der Waals surface area contributed by atoms with E-state index in [9.17, 15) is 4.39 Å². The van der Waals surface area contributed by atoms with Crippen LogP contribution in [-0.4, -0.2) is 61.1 Å². The van der Waals surface area contributed by atoms with Crippen LogP contribution < -0.4 is 5.32 Å². The third kappa shape index (κ3) is 3.31. The van der Waals surface area contributed by atoms with Gasteiger partial charge in [-0.25, -0.2) is 9.37 Å². The van der Waals surface area contributed by atoms with Gasteiger partial charge in [0, 0.05) is 38.4 Å². The van der Waals surface area contributed by atoms with Gasteiger partial charge in [0.15, 0.2) is 11.6 Å². The fourth-order valence-electron chi connectivity index (χ4n) is 2.08. The first kappa shape index (κ1) is 13.5. The van der Waals surface area contributed by atoms with Crippen LogP contribution >= 0.6 is 11.6 Å². The van der Waals surface area contributed by atoms with Crippen LogP contribution in [-0.2, 0) is 0 Å². The summed E-state index contributed by atoms with van der Waals surface area (Å²) in [6.45, 7) is 3.74. The van der Waals surface area contributed by atoms with Crippen LogP contribution in [0.25, 0.3) is 0 Å². The highest BCUT2D eigenvalue weighted by Gasteiger charge is 2.22. The Morgan fingerprint density at radius 2 is 2.28 bits per heavy atom. The van der Waals surface area contributed by atoms with Crippen molar-refractivity contribution in [3.05, 3.63) is 23.1 Å². The highest BCUT2D eigenvalue weighted by atomic mass is 35.5. The molecule has 1 saturated heterocycles. The van der Waals surface area contributed by atoms with Gasteiger partial charge in [-0.15, -0.1) is 0 Å². The molecule has 1 aromatic heterocycles. The predicted octanol–water partition coefficient (Wildman–Crippen LogP) is 1.53. The number of pyridine rings is 1. The minimum absolute atomic E-state index is 0.265. The van der Waals surface area contributed by atoms with Crippen molar-refractivity contribution in [1.82, 2.24) is 14.8 Å². The Kier molecular flexibility index (Phi) is 4.37. The molecule has 0 aliphatic carbocycles. The monoisotopic (exact) mass is 272 g/mol. The van der Waals surface area contributed by atoms with Gasteiger partial charge in [-0.05, 0) is 20.2 Å². The average Bonchev–Trinajstić information content (AvgIpc) is 2.32. The van der Waals surface area contributed by atoms with Crippen LogP contribution in [0, 0.1) is 5.82 Å². The normalized spacial score (nSPS) is 22.1. The first-order chi connectivity index (χ1) is 8.56. The summed E-state index contributed by atoms with van der Waals surface area (Å²) < 4.78 is 13.5. The van der Waals surface area contributed by atoms with Crippen molar-refractivity contribution in [3.63, 3.8) is 0 Å². The number of anilines is 1. The molecule has 2 heterocycles. The van der Waals surface area contributed by atoms with Crippen LogP contribution in [0.3, 0.4) is 0 Å². The van der Waals surface area contributed by atoms with Gasteiger partial charge in [-0.3, -0.25) is 4.90 Å². The number of halogens is 2. The van der Waals surface area contributed by atoms with Crippen molar-refractivity contribution in [2.75, 3.05) is 45.6 Å². The first-order valence-electron chi connectivity index (χ1n) is 6.00. The van der Waals surface area contributed by atoms with Crippen LogP contribution in [0.4, 0.5) is 10.2 Å². The molecule has 0 saturated carbocycles. The number of nitrogens with one attached hydrogen (secondary N) is 1. The minimum atomic E-state index is -0.408. The number of piperazine rings is 1. The van der Waals surface area contributed by atoms with E-state index in [1.54, 1.807) is 0 Å². The maximum Gasteiger partial charge on any atom is 0.166 e. The van der Waals surface area contributed by atoms with E-state index in [2.05, 4.69) is 34.2 Å². The number of likely N-dealkylation sites (N-methyl/N-ethyl adjacent to an activating group) is 2. The van der Waals surface area contributed by atoms with Gasteiger partial charge in [0.05, 0.1) is 5.02 Å². The van der Waals surface area contributed by atoms with Crippen molar-refractivity contribution in [1.29, 1.82) is 0 Å². The third-order valence-electron chi connectivity index (χ3n) is 3.29. The summed E-state index contributed by atoms with van der Waals surface area (Å²) in [4.78, 5) is 8.51. The second-order valence-electron chi connectivity index (χ2n) is 4.76. The Labute approximate surface area is 112 Å². The molecule has 0 bridgehead atoms. The maximum absolute atomic E-state index is 13.5. The van der Waals surface area contributed by atoms with Crippen molar-refractivity contribution in [2.24, 2.45) is 0 Å². The van der Waals surface area contributed by atoms with Crippen LogP contribution in [0.2, 0.25) is 5.02 Å². The summed E-state index contributed by atoms with van der Waals surface area (Å²) in [6, 6.07) is 1.63. The van der Waals surface area contributed by atoms with E-state index in [4.69, 9.17) is 11.6 Å². The van der Waals surface area contributed by atoms with Crippen LogP contribution in [0.1, 0.15) is 0 Å². The third-order valence-corrected chi connectivity index (χ3v) is 3.50. The van der Waals surface area contributed by atoms with Crippen molar-refractivity contribution < 1.29 is 4.39 Å². The lowest BCUT2D eigenvalue weighted by Gasteiger charge is -2.37. The van der Waals surface area contributed by atoms with Gasteiger partial charge in [0.2, 0.25) is 0 Å². The fourth-order valence-corrected chi connectivity index (χ4v) is 2.23. The second-order valence-corrected chi connectivity index (χ2v) is 5.20. The Morgan fingerprint density at radius 1 is 1.50 bits per heavy atom. The minimum Gasteiger partial charge on any atom is -0.366 e. The Hall–Kier alpha value is -0.910. The molecule has 0 spiro atoms. The lowest BCUT2D eigenvalue weighted by atomic mass is 10.2. The number of hydrogen-bond acceptors (Lipinski definition) is 4. The van der Waals surface area contributed by atoms with Gasteiger partial charge >= 0.3 is 0 Å². The van der Waals surface area contributed by atoms with E-state index >= 15 is 0 Å². The highest BCUT2D eigenvalue weighted by Crippen LogP contribution is 2.16. The zero-order valence-electron chi connectivity index (χ0n) is 10.7. The molecule has 1 aromatic rings. The molecule has 6 heteroatoms. The number of aromatic nitrogens is 1. The molecular weight excluding hydrogens is 255 g/mol. The standard InChI is InChI=1S/C12H18ClFN4/c1-17-3-4-18(2)10(8-17)7-16-12-11(14)5-9(13)6-15-12/h5-6,10H,3-4,7-8H2,1-2H3,(H,15,16). The molecule has 1 atom stereocenters. The lowest BCUT2D eigenvalue weighted by Crippen LogP contribution is -2.52. The first-order valence-corrected chi connectivity index (χ1v) is 6.38. The average molecular weight is 273 g/mol. The Bertz CT molecular complexity index is 415. The molecule has 0 aromatic carbocycles. The van der Waals surface area contributed by atoms with E-state index in [0.29, 0.717) is 17.6 Å². The number of hydrogen-bond donors (Lipinski definition) is 1. The largest absolute Gasteiger partial charge is 0.366 e. The Morgan fingerprint density at radius 3 is 3.00 bits per heavy atom. The Balaban J connectivity index is 1.94. The molecule has 1 aliphatic heterocycles. The van der Waals surface area contributed by atoms with E-state index < -0.39 is 5.82 Å².